The quantitative estimate of drug-likeness (QED) is 0.855. The van der Waals surface area contributed by atoms with Gasteiger partial charge in [-0.3, -0.25) is 4.79 Å². The van der Waals surface area contributed by atoms with Gasteiger partial charge in [0, 0.05) is 13.1 Å². The summed E-state index contributed by atoms with van der Waals surface area (Å²) in [6.07, 6.45) is 2.55. The molecule has 0 saturated carbocycles. The Morgan fingerprint density at radius 1 is 0.960 bits per heavy atom. The smallest absolute Gasteiger partial charge is 0.234 e. The van der Waals surface area contributed by atoms with Crippen LogP contribution < -0.4 is 5.32 Å². The first-order valence-electron chi connectivity index (χ1n) is 8.83. The maximum absolute atomic E-state index is 13.1. The summed E-state index contributed by atoms with van der Waals surface area (Å²) in [5.41, 5.74) is 1.37. The first-order valence-corrected chi connectivity index (χ1v) is 8.83. The Balaban J connectivity index is 0.00000225. The van der Waals surface area contributed by atoms with Crippen LogP contribution >= 0.6 is 12.4 Å². The second-order valence-corrected chi connectivity index (χ2v) is 6.66. The minimum Gasteiger partial charge on any atom is -0.354 e. The summed E-state index contributed by atoms with van der Waals surface area (Å²) in [7, 11) is 0. The van der Waals surface area contributed by atoms with Crippen molar-refractivity contribution < 1.29 is 4.79 Å². The molecule has 0 radical (unpaired) electrons. The number of nitrogens with zero attached hydrogens (tertiary/aromatic N) is 1. The van der Waals surface area contributed by atoms with Gasteiger partial charge in [-0.2, -0.15) is 0 Å². The fraction of sp³-hybridized carbons (Fsp3) is 0.381. The van der Waals surface area contributed by atoms with E-state index in [0.717, 1.165) is 30.8 Å². The molecule has 1 fully saturated rings. The molecule has 1 amide bonds. The molecule has 0 unspecified atom stereocenters. The van der Waals surface area contributed by atoms with Crippen LogP contribution in [0.1, 0.15) is 30.9 Å². The Labute approximate surface area is 156 Å². The van der Waals surface area contributed by atoms with Crippen LogP contribution in [0.4, 0.5) is 0 Å². The van der Waals surface area contributed by atoms with Crippen molar-refractivity contribution in [3.05, 3.63) is 71.8 Å². The Morgan fingerprint density at radius 2 is 1.44 bits per heavy atom. The molecule has 0 spiro atoms. The van der Waals surface area contributed by atoms with E-state index in [4.69, 9.17) is 0 Å². The molecule has 0 bridgehead atoms. The number of benzene rings is 2. The highest BCUT2D eigenvalue weighted by molar-refractivity contribution is 5.91. The van der Waals surface area contributed by atoms with Gasteiger partial charge in [-0.25, -0.2) is 0 Å². The van der Waals surface area contributed by atoms with Gasteiger partial charge in [-0.15, -0.1) is 12.4 Å². The number of carbonyl (C=O) groups is 1. The Hall–Kier alpha value is -1.84. The number of nitrogens with one attached hydrogen (secondary N) is 1. The van der Waals surface area contributed by atoms with E-state index in [-0.39, 0.29) is 18.3 Å². The molecule has 3 nitrogen and oxygen atoms in total. The van der Waals surface area contributed by atoms with E-state index < -0.39 is 5.41 Å². The van der Waals surface area contributed by atoms with Crippen molar-refractivity contribution in [1.82, 2.24) is 10.2 Å². The van der Waals surface area contributed by atoms with E-state index in [2.05, 4.69) is 10.2 Å². The molecule has 0 atom stereocenters. The summed E-state index contributed by atoms with van der Waals surface area (Å²) >= 11 is 0. The standard InChI is InChI=1S/C21H26N2O.ClH/c1-21(18-10-4-2-5-11-18,19-12-6-3-7-13-19)20(24)22-14-17-23-15-8-9-16-23;/h2-7,10-13H,8-9,14-17H2,1H3,(H,22,24);1H. The molecule has 2 aromatic rings. The van der Waals surface area contributed by atoms with Gasteiger partial charge in [-0.1, -0.05) is 60.7 Å². The van der Waals surface area contributed by atoms with Gasteiger partial charge in [0.25, 0.3) is 0 Å². The van der Waals surface area contributed by atoms with Crippen molar-refractivity contribution in [2.45, 2.75) is 25.2 Å². The second kappa shape index (κ2) is 9.02. The molecule has 1 aliphatic rings. The maximum Gasteiger partial charge on any atom is 0.234 e. The van der Waals surface area contributed by atoms with E-state index >= 15 is 0 Å². The topological polar surface area (TPSA) is 32.3 Å². The molecular weight excluding hydrogens is 332 g/mol. The monoisotopic (exact) mass is 358 g/mol. The second-order valence-electron chi connectivity index (χ2n) is 6.66. The first kappa shape index (κ1) is 19.5. The lowest BCUT2D eigenvalue weighted by atomic mass is 9.75. The molecule has 4 heteroatoms. The molecule has 1 saturated heterocycles. The predicted molar refractivity (Wildman–Crippen MR) is 105 cm³/mol. The summed E-state index contributed by atoms with van der Waals surface area (Å²) in [6, 6.07) is 20.1. The third-order valence-electron chi connectivity index (χ3n) is 5.07. The summed E-state index contributed by atoms with van der Waals surface area (Å²) in [4.78, 5) is 15.5. The zero-order chi connectivity index (χ0) is 16.8. The molecule has 0 aromatic heterocycles. The molecule has 1 aliphatic heterocycles. The van der Waals surface area contributed by atoms with Crippen molar-refractivity contribution in [3.63, 3.8) is 0 Å². The third kappa shape index (κ3) is 4.42. The van der Waals surface area contributed by atoms with Gasteiger partial charge in [-0.05, 0) is 44.0 Å². The van der Waals surface area contributed by atoms with Crippen LogP contribution in [0.25, 0.3) is 0 Å². The van der Waals surface area contributed by atoms with Gasteiger partial charge in [0.1, 0.15) is 0 Å². The highest BCUT2D eigenvalue weighted by atomic mass is 35.5. The number of carbonyl (C=O) groups excluding carboxylic acids is 1. The highest BCUT2D eigenvalue weighted by Gasteiger charge is 2.36. The summed E-state index contributed by atoms with van der Waals surface area (Å²) in [6.45, 7) is 5.97. The summed E-state index contributed by atoms with van der Waals surface area (Å²) < 4.78 is 0. The number of halogens is 1. The van der Waals surface area contributed by atoms with Crippen LogP contribution in [0.15, 0.2) is 60.7 Å². The van der Waals surface area contributed by atoms with Crippen LogP contribution in [0.2, 0.25) is 0 Å². The van der Waals surface area contributed by atoms with Gasteiger partial charge < -0.3 is 10.2 Å². The minimum atomic E-state index is -0.673. The van der Waals surface area contributed by atoms with Crippen LogP contribution in [-0.2, 0) is 10.2 Å². The SMILES string of the molecule is CC(C(=O)NCCN1CCCC1)(c1ccccc1)c1ccccc1.Cl. The molecule has 3 rings (SSSR count). The fourth-order valence-electron chi connectivity index (χ4n) is 3.48. The number of amides is 1. The summed E-state index contributed by atoms with van der Waals surface area (Å²) in [5, 5.41) is 3.17. The normalized spacial score (nSPS) is 14.8. The van der Waals surface area contributed by atoms with E-state index in [1.54, 1.807) is 0 Å². The first-order chi connectivity index (χ1) is 11.7. The Kier molecular flexibility index (Phi) is 7.03. The largest absolute Gasteiger partial charge is 0.354 e. The Bertz CT molecular complexity index is 615. The predicted octanol–water partition coefficient (Wildman–Crippen LogP) is 3.63. The van der Waals surface area contributed by atoms with Crippen molar-refractivity contribution in [1.29, 1.82) is 0 Å². The van der Waals surface area contributed by atoms with E-state index in [0.29, 0.717) is 6.54 Å². The van der Waals surface area contributed by atoms with Gasteiger partial charge >= 0.3 is 0 Å². The fourth-order valence-corrected chi connectivity index (χ4v) is 3.48. The van der Waals surface area contributed by atoms with Crippen molar-refractivity contribution in [2.75, 3.05) is 26.2 Å². The van der Waals surface area contributed by atoms with Gasteiger partial charge in [0.2, 0.25) is 5.91 Å². The molecule has 2 aromatic carbocycles. The molecule has 25 heavy (non-hydrogen) atoms. The van der Waals surface area contributed by atoms with Gasteiger partial charge in [0.05, 0.1) is 5.41 Å². The average Bonchev–Trinajstić information content (AvgIpc) is 3.16. The van der Waals surface area contributed by atoms with Gasteiger partial charge in [0.15, 0.2) is 0 Å². The minimum absolute atomic E-state index is 0. The number of rotatable bonds is 6. The zero-order valence-electron chi connectivity index (χ0n) is 14.8. The lowest BCUT2D eigenvalue weighted by molar-refractivity contribution is -0.124. The average molecular weight is 359 g/mol. The number of hydrogen-bond acceptors (Lipinski definition) is 2. The van der Waals surface area contributed by atoms with E-state index in [9.17, 15) is 4.79 Å². The van der Waals surface area contributed by atoms with Crippen LogP contribution in [0.5, 0.6) is 0 Å². The van der Waals surface area contributed by atoms with E-state index in [1.165, 1.54) is 12.8 Å². The molecular formula is C21H27ClN2O. The highest BCUT2D eigenvalue weighted by Crippen LogP contribution is 2.32. The number of hydrogen-bond donors (Lipinski definition) is 1. The molecule has 1 N–H and O–H groups in total. The van der Waals surface area contributed by atoms with Crippen LogP contribution in [0, 0.1) is 0 Å². The Morgan fingerprint density at radius 3 is 1.92 bits per heavy atom. The number of likely N-dealkylation sites (tertiary alicyclic amines) is 1. The maximum atomic E-state index is 13.1. The van der Waals surface area contributed by atoms with Crippen molar-refractivity contribution >= 4 is 18.3 Å². The lowest BCUT2D eigenvalue weighted by Gasteiger charge is -2.30. The van der Waals surface area contributed by atoms with Crippen molar-refractivity contribution in [3.8, 4) is 0 Å². The van der Waals surface area contributed by atoms with E-state index in [1.807, 2.05) is 67.6 Å². The zero-order valence-corrected chi connectivity index (χ0v) is 15.6. The van der Waals surface area contributed by atoms with Crippen LogP contribution in [-0.4, -0.2) is 37.0 Å². The van der Waals surface area contributed by atoms with Crippen LogP contribution in [0.3, 0.4) is 0 Å². The summed E-state index contributed by atoms with van der Waals surface area (Å²) in [5.74, 6) is 0.0686. The lowest BCUT2D eigenvalue weighted by Crippen LogP contribution is -2.45. The third-order valence-corrected chi connectivity index (χ3v) is 5.07. The molecule has 1 heterocycles. The molecule has 0 aliphatic carbocycles. The molecule has 134 valence electrons. The van der Waals surface area contributed by atoms with Crippen molar-refractivity contribution in [2.24, 2.45) is 0 Å².